The van der Waals surface area contributed by atoms with E-state index in [4.69, 9.17) is 4.42 Å². The number of hydrogen-bond acceptors (Lipinski definition) is 5. The predicted molar refractivity (Wildman–Crippen MR) is 63.3 cm³/mol. The van der Waals surface area contributed by atoms with E-state index in [1.165, 1.54) is 6.42 Å². The van der Waals surface area contributed by atoms with Gasteiger partial charge in [-0.05, 0) is 12.8 Å². The van der Waals surface area contributed by atoms with Crippen molar-refractivity contribution in [2.24, 2.45) is 5.41 Å². The first-order chi connectivity index (χ1) is 8.18. The van der Waals surface area contributed by atoms with Gasteiger partial charge in [-0.3, -0.25) is 0 Å². The smallest absolute Gasteiger partial charge is 0.230 e. The van der Waals surface area contributed by atoms with Crippen LogP contribution in [0.1, 0.15) is 44.9 Å². The van der Waals surface area contributed by atoms with E-state index < -0.39 is 0 Å². The third kappa shape index (κ3) is 2.66. The average Bonchev–Trinajstić information content (AvgIpc) is 2.94. The molecular formula is C12H21N3O2. The van der Waals surface area contributed by atoms with Crippen LogP contribution in [0.5, 0.6) is 0 Å². The molecular weight excluding hydrogens is 218 g/mol. The molecule has 17 heavy (non-hydrogen) atoms. The fourth-order valence-corrected chi connectivity index (χ4v) is 2.48. The molecule has 1 heterocycles. The van der Waals surface area contributed by atoms with Crippen molar-refractivity contribution in [3.8, 4) is 0 Å². The standard InChI is InChI=1S/C12H21N3O2/c1-3-10-14-15-11(17-10)7-13-9-5-4-6-12(9,2)8-16/h9,13,16H,3-8H2,1-2H3/t9-,12+/m1/s1. The minimum Gasteiger partial charge on any atom is -0.424 e. The Labute approximate surface area is 102 Å². The zero-order chi connectivity index (χ0) is 12.3. The van der Waals surface area contributed by atoms with E-state index in [1.54, 1.807) is 0 Å². The van der Waals surface area contributed by atoms with Crippen LogP contribution in [0.2, 0.25) is 0 Å². The Morgan fingerprint density at radius 2 is 2.24 bits per heavy atom. The summed E-state index contributed by atoms with van der Waals surface area (Å²) in [6, 6.07) is 0.337. The highest BCUT2D eigenvalue weighted by molar-refractivity contribution is 4.94. The molecule has 0 saturated heterocycles. The van der Waals surface area contributed by atoms with E-state index in [-0.39, 0.29) is 12.0 Å². The van der Waals surface area contributed by atoms with Gasteiger partial charge in [0.1, 0.15) is 0 Å². The lowest BCUT2D eigenvalue weighted by Gasteiger charge is -2.29. The Morgan fingerprint density at radius 1 is 1.47 bits per heavy atom. The number of nitrogens with zero attached hydrogens (tertiary/aromatic N) is 2. The van der Waals surface area contributed by atoms with Gasteiger partial charge in [-0.2, -0.15) is 0 Å². The number of hydrogen-bond donors (Lipinski definition) is 2. The molecule has 0 spiro atoms. The van der Waals surface area contributed by atoms with Crippen LogP contribution in [0.15, 0.2) is 4.42 Å². The van der Waals surface area contributed by atoms with Crippen molar-refractivity contribution in [2.45, 2.75) is 52.1 Å². The van der Waals surface area contributed by atoms with Gasteiger partial charge < -0.3 is 14.8 Å². The summed E-state index contributed by atoms with van der Waals surface area (Å²) in [6.45, 7) is 4.94. The molecule has 1 saturated carbocycles. The van der Waals surface area contributed by atoms with Gasteiger partial charge >= 0.3 is 0 Å². The van der Waals surface area contributed by atoms with E-state index in [0.29, 0.717) is 24.4 Å². The number of rotatable bonds is 5. The zero-order valence-corrected chi connectivity index (χ0v) is 10.6. The molecule has 1 fully saturated rings. The third-order valence-electron chi connectivity index (χ3n) is 3.75. The summed E-state index contributed by atoms with van der Waals surface area (Å²) in [5, 5.41) is 20.8. The Morgan fingerprint density at radius 3 is 2.88 bits per heavy atom. The molecule has 1 aromatic heterocycles. The van der Waals surface area contributed by atoms with Gasteiger partial charge in [0.15, 0.2) is 0 Å². The van der Waals surface area contributed by atoms with Crippen molar-refractivity contribution in [1.29, 1.82) is 0 Å². The van der Waals surface area contributed by atoms with Crippen LogP contribution >= 0.6 is 0 Å². The fraction of sp³-hybridized carbons (Fsp3) is 0.833. The molecule has 1 aromatic rings. The highest BCUT2D eigenvalue weighted by atomic mass is 16.4. The van der Waals surface area contributed by atoms with Crippen molar-refractivity contribution in [1.82, 2.24) is 15.5 Å². The SMILES string of the molecule is CCc1nnc(CN[C@@H]2CCC[C@@]2(C)CO)o1. The van der Waals surface area contributed by atoms with E-state index in [9.17, 15) is 5.11 Å². The van der Waals surface area contributed by atoms with Crippen molar-refractivity contribution >= 4 is 0 Å². The van der Waals surface area contributed by atoms with E-state index in [1.807, 2.05) is 6.92 Å². The monoisotopic (exact) mass is 239 g/mol. The van der Waals surface area contributed by atoms with Crippen LogP contribution in [0.25, 0.3) is 0 Å². The lowest BCUT2D eigenvalue weighted by molar-refractivity contribution is 0.117. The topological polar surface area (TPSA) is 71.2 Å². The fourth-order valence-electron chi connectivity index (χ4n) is 2.48. The maximum Gasteiger partial charge on any atom is 0.230 e. The van der Waals surface area contributed by atoms with Gasteiger partial charge in [0.2, 0.25) is 11.8 Å². The molecule has 2 atom stereocenters. The highest BCUT2D eigenvalue weighted by Crippen LogP contribution is 2.37. The van der Waals surface area contributed by atoms with Crippen LogP contribution in [-0.2, 0) is 13.0 Å². The molecule has 0 bridgehead atoms. The first-order valence-corrected chi connectivity index (χ1v) is 6.33. The molecule has 0 amide bonds. The average molecular weight is 239 g/mol. The second-order valence-electron chi connectivity index (χ2n) is 5.08. The van der Waals surface area contributed by atoms with Gasteiger partial charge in [0.05, 0.1) is 6.54 Å². The Bertz CT molecular complexity index is 366. The normalized spacial score (nSPS) is 28.8. The number of aryl methyl sites for hydroxylation is 1. The second kappa shape index (κ2) is 5.14. The number of nitrogens with one attached hydrogen (secondary N) is 1. The summed E-state index contributed by atoms with van der Waals surface area (Å²) in [6.07, 6.45) is 4.11. The molecule has 1 aliphatic carbocycles. The maximum atomic E-state index is 9.44. The highest BCUT2D eigenvalue weighted by Gasteiger charge is 2.37. The summed E-state index contributed by atoms with van der Waals surface area (Å²) in [4.78, 5) is 0. The third-order valence-corrected chi connectivity index (χ3v) is 3.75. The first-order valence-electron chi connectivity index (χ1n) is 6.33. The molecule has 2 N–H and O–H groups in total. The molecule has 0 unspecified atom stereocenters. The van der Waals surface area contributed by atoms with Crippen molar-refractivity contribution in [2.75, 3.05) is 6.61 Å². The summed E-state index contributed by atoms with van der Waals surface area (Å²) < 4.78 is 5.45. The molecule has 2 rings (SSSR count). The lowest BCUT2D eigenvalue weighted by Crippen LogP contribution is -2.41. The summed E-state index contributed by atoms with van der Waals surface area (Å²) in [5.74, 6) is 1.31. The van der Waals surface area contributed by atoms with Crippen LogP contribution in [-0.4, -0.2) is 28.0 Å². The molecule has 0 radical (unpaired) electrons. The lowest BCUT2D eigenvalue weighted by atomic mass is 9.86. The largest absolute Gasteiger partial charge is 0.424 e. The summed E-state index contributed by atoms with van der Waals surface area (Å²) in [5.41, 5.74) is -0.00634. The van der Waals surface area contributed by atoms with Crippen LogP contribution in [0, 0.1) is 5.41 Å². The maximum absolute atomic E-state index is 9.44. The van der Waals surface area contributed by atoms with Crippen LogP contribution < -0.4 is 5.32 Å². The molecule has 0 aliphatic heterocycles. The quantitative estimate of drug-likeness (QED) is 0.809. The van der Waals surface area contributed by atoms with Crippen LogP contribution in [0.3, 0.4) is 0 Å². The number of aliphatic hydroxyl groups excluding tert-OH is 1. The summed E-state index contributed by atoms with van der Waals surface area (Å²) in [7, 11) is 0. The molecule has 0 aromatic carbocycles. The van der Waals surface area contributed by atoms with E-state index in [0.717, 1.165) is 19.3 Å². The first kappa shape index (κ1) is 12.5. The Kier molecular flexibility index (Phi) is 3.79. The minimum absolute atomic E-state index is 0.00634. The van der Waals surface area contributed by atoms with Gasteiger partial charge in [-0.25, -0.2) is 0 Å². The van der Waals surface area contributed by atoms with E-state index in [2.05, 4.69) is 22.4 Å². The number of aromatic nitrogens is 2. The molecule has 5 heteroatoms. The van der Waals surface area contributed by atoms with Gasteiger partial charge in [-0.1, -0.05) is 20.3 Å². The van der Waals surface area contributed by atoms with Crippen molar-refractivity contribution in [3.63, 3.8) is 0 Å². The predicted octanol–water partition coefficient (Wildman–Crippen LogP) is 1.27. The van der Waals surface area contributed by atoms with Gasteiger partial charge in [0.25, 0.3) is 0 Å². The van der Waals surface area contributed by atoms with Crippen LogP contribution in [0.4, 0.5) is 0 Å². The molecule has 5 nitrogen and oxygen atoms in total. The minimum atomic E-state index is -0.00634. The van der Waals surface area contributed by atoms with Crippen molar-refractivity contribution in [3.05, 3.63) is 11.8 Å². The van der Waals surface area contributed by atoms with Crippen molar-refractivity contribution < 1.29 is 9.52 Å². The zero-order valence-electron chi connectivity index (χ0n) is 10.6. The van der Waals surface area contributed by atoms with Gasteiger partial charge in [-0.15, -0.1) is 10.2 Å². The second-order valence-corrected chi connectivity index (χ2v) is 5.08. The Balaban J connectivity index is 1.89. The number of aliphatic hydroxyl groups is 1. The summed E-state index contributed by atoms with van der Waals surface area (Å²) >= 11 is 0. The molecule has 1 aliphatic rings. The Hall–Kier alpha value is -0.940. The van der Waals surface area contributed by atoms with E-state index >= 15 is 0 Å². The molecule has 96 valence electrons. The van der Waals surface area contributed by atoms with Gasteiger partial charge in [0, 0.05) is 24.5 Å².